The van der Waals surface area contributed by atoms with Crippen LogP contribution in [0.15, 0.2) is 16.9 Å². The highest BCUT2D eigenvalue weighted by Gasteiger charge is 2.34. The highest BCUT2D eigenvalue weighted by Crippen LogP contribution is 2.26. The fourth-order valence-electron chi connectivity index (χ4n) is 1.47. The van der Waals surface area contributed by atoms with E-state index in [1.807, 2.05) is 0 Å². The van der Waals surface area contributed by atoms with Crippen molar-refractivity contribution in [1.82, 2.24) is 9.78 Å². The van der Waals surface area contributed by atoms with E-state index in [9.17, 15) is 23.1 Å². The van der Waals surface area contributed by atoms with E-state index in [0.29, 0.717) is 23.6 Å². The summed E-state index contributed by atoms with van der Waals surface area (Å²) >= 11 is 0. The third-order valence-corrected chi connectivity index (χ3v) is 2.92. The molecule has 1 aromatic heterocycles. The van der Waals surface area contributed by atoms with Gasteiger partial charge in [0.05, 0.1) is 12.1 Å². The summed E-state index contributed by atoms with van der Waals surface area (Å²) in [5.41, 5.74) is -3.03. The number of alkyl halides is 3. The van der Waals surface area contributed by atoms with Crippen LogP contribution >= 0.6 is 0 Å². The third kappa shape index (κ3) is 3.32. The Labute approximate surface area is 102 Å². The van der Waals surface area contributed by atoms with Gasteiger partial charge < -0.3 is 5.11 Å². The van der Waals surface area contributed by atoms with Crippen molar-refractivity contribution in [3.05, 3.63) is 28.2 Å². The van der Waals surface area contributed by atoms with Crippen molar-refractivity contribution in [3.8, 4) is 0 Å². The van der Waals surface area contributed by atoms with Crippen LogP contribution in [0.5, 0.6) is 0 Å². The number of nitrogens with zero attached hydrogens (tertiary/aromatic N) is 2. The Morgan fingerprint density at radius 1 is 1.28 bits per heavy atom. The molecule has 4 nitrogen and oxygen atoms in total. The average Bonchev–Trinajstić information content (AvgIpc) is 2.30. The minimum Gasteiger partial charge on any atom is -0.388 e. The zero-order valence-corrected chi connectivity index (χ0v) is 10.2. The quantitative estimate of drug-likeness (QED) is 0.902. The molecule has 0 aliphatic carbocycles. The van der Waals surface area contributed by atoms with E-state index in [1.165, 1.54) is 0 Å². The lowest BCUT2D eigenvalue weighted by molar-refractivity contribution is -0.142. The predicted octanol–water partition coefficient (Wildman–Crippen LogP) is 1.81. The van der Waals surface area contributed by atoms with Crippen molar-refractivity contribution in [2.75, 3.05) is 0 Å². The van der Waals surface area contributed by atoms with E-state index in [2.05, 4.69) is 5.10 Å². The maximum Gasteiger partial charge on any atom is 0.435 e. The van der Waals surface area contributed by atoms with Gasteiger partial charge in [-0.1, -0.05) is 13.8 Å². The molecule has 0 fully saturated rings. The van der Waals surface area contributed by atoms with Crippen LogP contribution in [0.1, 0.15) is 32.4 Å². The van der Waals surface area contributed by atoms with Crippen LogP contribution in [-0.4, -0.2) is 20.5 Å². The number of hydrogen-bond acceptors (Lipinski definition) is 3. The van der Waals surface area contributed by atoms with Crippen molar-refractivity contribution in [1.29, 1.82) is 0 Å². The minimum absolute atomic E-state index is 0.247. The maximum absolute atomic E-state index is 12.5. The van der Waals surface area contributed by atoms with Gasteiger partial charge in [0.2, 0.25) is 0 Å². The molecule has 0 saturated carbocycles. The SMILES string of the molecule is CCC(O)(CC)Cn1nc(C(F)(F)F)ccc1=O. The summed E-state index contributed by atoms with van der Waals surface area (Å²) in [6, 6.07) is 1.44. The van der Waals surface area contributed by atoms with Gasteiger partial charge in [0.15, 0.2) is 5.69 Å². The Morgan fingerprint density at radius 2 is 1.83 bits per heavy atom. The Morgan fingerprint density at radius 3 is 2.28 bits per heavy atom. The van der Waals surface area contributed by atoms with Gasteiger partial charge in [-0.3, -0.25) is 4.79 Å². The molecule has 1 rings (SSSR count). The lowest BCUT2D eigenvalue weighted by Gasteiger charge is -2.25. The molecule has 0 saturated heterocycles. The fraction of sp³-hybridized carbons (Fsp3) is 0.636. The van der Waals surface area contributed by atoms with E-state index in [0.717, 1.165) is 6.07 Å². The van der Waals surface area contributed by atoms with Crippen LogP contribution in [0.4, 0.5) is 13.2 Å². The summed E-state index contributed by atoms with van der Waals surface area (Å²) < 4.78 is 38.0. The lowest BCUT2D eigenvalue weighted by Crippen LogP contribution is -2.38. The molecule has 1 N–H and O–H groups in total. The van der Waals surface area contributed by atoms with E-state index in [-0.39, 0.29) is 6.54 Å². The molecule has 18 heavy (non-hydrogen) atoms. The molecular formula is C11H15F3N2O2. The largest absolute Gasteiger partial charge is 0.435 e. The Kier molecular flexibility index (Phi) is 4.16. The predicted molar refractivity (Wildman–Crippen MR) is 59.0 cm³/mol. The molecule has 0 aromatic carbocycles. The summed E-state index contributed by atoms with van der Waals surface area (Å²) in [6.07, 6.45) is -3.95. The first-order valence-corrected chi connectivity index (χ1v) is 5.59. The molecule has 0 spiro atoms. The Balaban J connectivity index is 3.13. The number of rotatable bonds is 4. The van der Waals surface area contributed by atoms with Gasteiger partial charge in [-0.05, 0) is 18.9 Å². The van der Waals surface area contributed by atoms with Crippen LogP contribution < -0.4 is 5.56 Å². The highest BCUT2D eigenvalue weighted by atomic mass is 19.4. The van der Waals surface area contributed by atoms with Crippen molar-refractivity contribution in [2.45, 2.75) is 45.0 Å². The first-order chi connectivity index (χ1) is 8.22. The number of aromatic nitrogens is 2. The van der Waals surface area contributed by atoms with Crippen molar-refractivity contribution in [3.63, 3.8) is 0 Å². The summed E-state index contributed by atoms with van der Waals surface area (Å²) in [5.74, 6) is 0. The van der Waals surface area contributed by atoms with Crippen molar-refractivity contribution < 1.29 is 18.3 Å². The topological polar surface area (TPSA) is 55.1 Å². The zero-order valence-electron chi connectivity index (χ0n) is 10.2. The normalized spacial score (nSPS) is 12.8. The maximum atomic E-state index is 12.5. The van der Waals surface area contributed by atoms with E-state index in [4.69, 9.17) is 0 Å². The smallest absolute Gasteiger partial charge is 0.388 e. The number of aliphatic hydroxyl groups is 1. The van der Waals surface area contributed by atoms with Gasteiger partial charge in [-0.25, -0.2) is 4.68 Å². The molecule has 0 aliphatic rings. The van der Waals surface area contributed by atoms with Gasteiger partial charge >= 0.3 is 6.18 Å². The molecule has 0 amide bonds. The van der Waals surface area contributed by atoms with E-state index >= 15 is 0 Å². The molecule has 1 heterocycles. The van der Waals surface area contributed by atoms with Gasteiger partial charge in [0.25, 0.3) is 5.56 Å². The molecule has 0 unspecified atom stereocenters. The first kappa shape index (κ1) is 14.7. The molecule has 0 atom stereocenters. The minimum atomic E-state index is -4.61. The second-order valence-corrected chi connectivity index (χ2v) is 4.14. The molecular weight excluding hydrogens is 249 g/mol. The Hall–Kier alpha value is -1.37. The van der Waals surface area contributed by atoms with Crippen LogP contribution in [0.3, 0.4) is 0 Å². The highest BCUT2D eigenvalue weighted by molar-refractivity contribution is 5.04. The molecule has 1 aromatic rings. The molecule has 102 valence electrons. The van der Waals surface area contributed by atoms with Crippen molar-refractivity contribution >= 4 is 0 Å². The van der Waals surface area contributed by atoms with Crippen LogP contribution in [0.25, 0.3) is 0 Å². The fourth-order valence-corrected chi connectivity index (χ4v) is 1.47. The first-order valence-electron chi connectivity index (χ1n) is 5.59. The number of halogens is 3. The summed E-state index contributed by atoms with van der Waals surface area (Å²) in [5, 5.41) is 13.3. The second-order valence-electron chi connectivity index (χ2n) is 4.14. The molecule has 7 heteroatoms. The molecule has 0 radical (unpaired) electrons. The standard InChI is InChI=1S/C11H15F3N2O2/c1-3-10(18,4-2)7-16-9(17)6-5-8(15-16)11(12,13)14/h5-6,18H,3-4,7H2,1-2H3. The second kappa shape index (κ2) is 5.09. The van der Waals surface area contributed by atoms with Crippen LogP contribution in [-0.2, 0) is 12.7 Å². The lowest BCUT2D eigenvalue weighted by atomic mass is 9.98. The average molecular weight is 264 g/mol. The van der Waals surface area contributed by atoms with Gasteiger partial charge in [-0.15, -0.1) is 0 Å². The van der Waals surface area contributed by atoms with Crippen molar-refractivity contribution in [2.24, 2.45) is 0 Å². The summed E-state index contributed by atoms with van der Waals surface area (Å²) in [4.78, 5) is 11.4. The summed E-state index contributed by atoms with van der Waals surface area (Å²) in [6.45, 7) is 3.15. The van der Waals surface area contributed by atoms with Gasteiger partial charge in [-0.2, -0.15) is 18.3 Å². The van der Waals surface area contributed by atoms with Gasteiger partial charge in [0.1, 0.15) is 0 Å². The van der Waals surface area contributed by atoms with Gasteiger partial charge in [0, 0.05) is 6.07 Å². The number of hydrogen-bond donors (Lipinski definition) is 1. The van der Waals surface area contributed by atoms with Crippen LogP contribution in [0.2, 0.25) is 0 Å². The molecule has 0 aliphatic heterocycles. The van der Waals surface area contributed by atoms with Crippen LogP contribution in [0, 0.1) is 0 Å². The molecule has 0 bridgehead atoms. The third-order valence-electron chi connectivity index (χ3n) is 2.92. The van der Waals surface area contributed by atoms with E-state index in [1.54, 1.807) is 13.8 Å². The summed E-state index contributed by atoms with van der Waals surface area (Å²) in [7, 11) is 0. The van der Waals surface area contributed by atoms with E-state index < -0.39 is 23.0 Å². The zero-order chi connectivity index (χ0) is 14.0. The Bertz CT molecular complexity index is 464. The monoisotopic (exact) mass is 264 g/mol.